The van der Waals surface area contributed by atoms with Crippen molar-refractivity contribution in [3.05, 3.63) is 23.8 Å². The van der Waals surface area contributed by atoms with E-state index in [9.17, 15) is 14.7 Å². The van der Waals surface area contributed by atoms with E-state index in [1.807, 2.05) is 13.0 Å². The Labute approximate surface area is 196 Å². The van der Waals surface area contributed by atoms with Crippen LogP contribution < -0.4 is 0 Å². The molecule has 33 heavy (non-hydrogen) atoms. The van der Waals surface area contributed by atoms with Gasteiger partial charge < -0.3 is 19.3 Å². The fourth-order valence-electron chi connectivity index (χ4n) is 8.89. The predicted molar refractivity (Wildman–Crippen MR) is 122 cm³/mol. The molecule has 3 saturated carbocycles. The van der Waals surface area contributed by atoms with E-state index in [2.05, 4.69) is 27.7 Å². The van der Waals surface area contributed by atoms with Crippen LogP contribution in [0.2, 0.25) is 0 Å². The maximum Gasteiger partial charge on any atom is 0.281 e. The van der Waals surface area contributed by atoms with Gasteiger partial charge in [0.15, 0.2) is 11.6 Å². The van der Waals surface area contributed by atoms with E-state index in [0.717, 1.165) is 18.4 Å². The van der Waals surface area contributed by atoms with Crippen LogP contribution in [0, 0.1) is 40.4 Å². The van der Waals surface area contributed by atoms with E-state index >= 15 is 0 Å². The summed E-state index contributed by atoms with van der Waals surface area (Å²) in [5, 5.41) is 11.7. The van der Waals surface area contributed by atoms with Gasteiger partial charge in [0, 0.05) is 30.3 Å². The van der Waals surface area contributed by atoms with Gasteiger partial charge in [-0.05, 0) is 62.0 Å². The van der Waals surface area contributed by atoms with Crippen molar-refractivity contribution in [1.82, 2.24) is 0 Å². The number of aliphatic hydroxyl groups excluding tert-OH is 1. The smallest absolute Gasteiger partial charge is 0.281 e. The van der Waals surface area contributed by atoms with Crippen LogP contribution in [0.3, 0.4) is 0 Å². The van der Waals surface area contributed by atoms with Crippen molar-refractivity contribution in [2.45, 2.75) is 78.5 Å². The molecule has 182 valence electrons. The maximum absolute atomic E-state index is 13.6. The van der Waals surface area contributed by atoms with Crippen LogP contribution in [0.5, 0.6) is 0 Å². The minimum atomic E-state index is -1.27. The molecule has 0 bridgehead atoms. The average molecular weight is 459 g/mol. The number of ether oxygens (including phenoxy) is 3. The zero-order valence-electron chi connectivity index (χ0n) is 20.7. The van der Waals surface area contributed by atoms with Gasteiger partial charge in [-0.2, -0.15) is 0 Å². The molecule has 1 unspecified atom stereocenters. The molecule has 0 aromatic heterocycles. The molecular formula is C27H38O6. The summed E-state index contributed by atoms with van der Waals surface area (Å²) in [6, 6.07) is 0. The normalized spacial score (nSPS) is 53.5. The number of ketones is 2. The van der Waals surface area contributed by atoms with Crippen molar-refractivity contribution in [2.24, 2.45) is 40.4 Å². The Kier molecular flexibility index (Phi) is 5.20. The van der Waals surface area contributed by atoms with Crippen molar-refractivity contribution in [3.63, 3.8) is 0 Å². The first-order valence-corrected chi connectivity index (χ1v) is 12.6. The summed E-state index contributed by atoms with van der Waals surface area (Å²) in [5.41, 5.74) is -0.791. The first-order valence-electron chi connectivity index (χ1n) is 12.6. The van der Waals surface area contributed by atoms with Crippen molar-refractivity contribution >= 4 is 11.6 Å². The van der Waals surface area contributed by atoms with Gasteiger partial charge in [0.2, 0.25) is 0 Å². The highest BCUT2D eigenvalue weighted by Crippen LogP contribution is 2.70. The van der Waals surface area contributed by atoms with Gasteiger partial charge in [0.1, 0.15) is 12.2 Å². The van der Waals surface area contributed by atoms with E-state index in [0.29, 0.717) is 13.0 Å². The Morgan fingerprint density at radius 3 is 2.61 bits per heavy atom. The lowest BCUT2D eigenvalue weighted by atomic mass is 9.44. The topological polar surface area (TPSA) is 82.1 Å². The zero-order chi connectivity index (χ0) is 24.0. The quantitative estimate of drug-likeness (QED) is 0.677. The minimum absolute atomic E-state index is 0.0120. The van der Waals surface area contributed by atoms with Gasteiger partial charge in [0.05, 0.1) is 6.10 Å². The molecule has 1 saturated heterocycles. The van der Waals surface area contributed by atoms with Crippen molar-refractivity contribution in [1.29, 1.82) is 0 Å². The third-order valence-electron chi connectivity index (χ3n) is 9.99. The fourth-order valence-corrected chi connectivity index (χ4v) is 8.89. The van der Waals surface area contributed by atoms with Gasteiger partial charge >= 0.3 is 0 Å². The molecule has 1 heterocycles. The first-order chi connectivity index (χ1) is 15.4. The number of hydrogen-bond acceptors (Lipinski definition) is 6. The Hall–Kier alpha value is -1.34. The molecule has 1 aliphatic heterocycles. The lowest BCUT2D eigenvalue weighted by molar-refractivity contribution is -0.425. The Morgan fingerprint density at radius 1 is 1.18 bits per heavy atom. The molecule has 5 aliphatic rings. The van der Waals surface area contributed by atoms with Crippen molar-refractivity contribution < 1.29 is 28.9 Å². The predicted octanol–water partition coefficient (Wildman–Crippen LogP) is 3.82. The Balaban J connectivity index is 1.59. The molecule has 0 radical (unpaired) electrons. The lowest BCUT2D eigenvalue weighted by Gasteiger charge is -2.62. The third kappa shape index (κ3) is 2.93. The number of carbonyl (C=O) groups is 2. The second-order valence-corrected chi connectivity index (χ2v) is 11.7. The highest BCUT2D eigenvalue weighted by Gasteiger charge is 2.74. The molecule has 4 aliphatic carbocycles. The van der Waals surface area contributed by atoms with Gasteiger partial charge in [0.25, 0.3) is 5.97 Å². The van der Waals surface area contributed by atoms with Crippen molar-refractivity contribution in [2.75, 3.05) is 13.2 Å². The highest BCUT2D eigenvalue weighted by molar-refractivity contribution is 6.01. The van der Waals surface area contributed by atoms with E-state index in [1.165, 1.54) is 0 Å². The van der Waals surface area contributed by atoms with Gasteiger partial charge in [-0.15, -0.1) is 0 Å². The minimum Gasteiger partial charge on any atom is -0.393 e. The summed E-state index contributed by atoms with van der Waals surface area (Å²) in [7, 11) is 0. The Morgan fingerprint density at radius 2 is 1.91 bits per heavy atom. The molecular weight excluding hydrogens is 420 g/mol. The monoisotopic (exact) mass is 458 g/mol. The van der Waals surface area contributed by atoms with E-state index in [1.54, 1.807) is 19.1 Å². The van der Waals surface area contributed by atoms with Crippen LogP contribution in [0.25, 0.3) is 0 Å². The number of rotatable bonds is 2. The summed E-state index contributed by atoms with van der Waals surface area (Å²) >= 11 is 0. The molecule has 0 aromatic carbocycles. The van der Waals surface area contributed by atoms with Gasteiger partial charge in [-0.25, -0.2) is 0 Å². The SMILES string of the molecule is CCOC1(C)OCC(=O)[C@@]2(O1)[C@@H](C)C[C@H]1[C@@H]3C[C@H](C)C4=CC(=O)C=C[C@]4(C)[C@H]3[C@@H](O)C[C@@]12C. The van der Waals surface area contributed by atoms with Crippen LogP contribution in [0.1, 0.15) is 60.8 Å². The standard InChI is InChI=1S/C27H38O6/c1-7-31-26(6)32-14-22(30)27(33-26)16(3)11-20-18-10-15(2)19-12-17(28)8-9-24(19,4)23(18)21(29)13-25(20,27)5/h8-9,12,15-16,18,20-21,23,29H,7,10-11,13-14H2,1-6H3/t15-,16-,18-,20-,21-,23+,24-,25-,26?,27-/m0/s1. The molecule has 5 rings (SSSR count). The van der Waals surface area contributed by atoms with Crippen LogP contribution in [0.15, 0.2) is 23.8 Å². The molecule has 10 atom stereocenters. The zero-order valence-corrected chi connectivity index (χ0v) is 20.7. The van der Waals surface area contributed by atoms with Crippen molar-refractivity contribution in [3.8, 4) is 0 Å². The molecule has 0 aromatic rings. The Bertz CT molecular complexity index is 939. The van der Waals surface area contributed by atoms with Crippen LogP contribution in [-0.4, -0.2) is 47.6 Å². The summed E-state index contributed by atoms with van der Waals surface area (Å²) in [4.78, 5) is 25.8. The first kappa shape index (κ1) is 23.4. The third-order valence-corrected chi connectivity index (χ3v) is 9.99. The fraction of sp³-hybridized carbons (Fsp3) is 0.778. The molecule has 1 N–H and O–H groups in total. The lowest BCUT2D eigenvalue weighted by Crippen LogP contribution is -2.68. The molecule has 6 heteroatoms. The number of aliphatic hydroxyl groups is 1. The largest absolute Gasteiger partial charge is 0.393 e. The molecule has 1 spiro atoms. The number of allylic oxidation sites excluding steroid dienone is 4. The van der Waals surface area contributed by atoms with Gasteiger partial charge in [-0.3, -0.25) is 9.59 Å². The average Bonchev–Trinajstić information content (AvgIpc) is 2.94. The summed E-state index contributed by atoms with van der Waals surface area (Å²) < 4.78 is 18.1. The maximum atomic E-state index is 13.6. The number of hydrogen-bond donors (Lipinski definition) is 1. The van der Waals surface area contributed by atoms with Gasteiger partial charge in [-0.1, -0.05) is 39.3 Å². The second kappa shape index (κ2) is 7.33. The molecule has 0 amide bonds. The summed E-state index contributed by atoms with van der Waals surface area (Å²) in [5.74, 6) is -0.587. The van der Waals surface area contributed by atoms with E-state index < -0.39 is 23.1 Å². The molecule has 6 nitrogen and oxygen atoms in total. The summed E-state index contributed by atoms with van der Waals surface area (Å²) in [6.07, 6.45) is 7.13. The number of fused-ring (bicyclic) bond motifs is 6. The van der Waals surface area contributed by atoms with E-state index in [4.69, 9.17) is 14.2 Å². The van der Waals surface area contributed by atoms with Crippen LogP contribution in [0.4, 0.5) is 0 Å². The molecule has 4 fully saturated rings. The highest BCUT2D eigenvalue weighted by atomic mass is 16.9. The number of carbonyl (C=O) groups excluding carboxylic acids is 2. The van der Waals surface area contributed by atoms with Crippen LogP contribution >= 0.6 is 0 Å². The summed E-state index contributed by atoms with van der Waals surface area (Å²) in [6.45, 7) is 12.6. The van der Waals surface area contributed by atoms with Crippen LogP contribution in [-0.2, 0) is 23.8 Å². The number of Topliss-reactive ketones (excluding diaryl/α,β-unsaturated/α-hetero) is 1. The second-order valence-electron chi connectivity index (χ2n) is 11.7. The van der Waals surface area contributed by atoms with E-state index in [-0.39, 0.29) is 53.2 Å².